The minimum absolute atomic E-state index is 0.712. The van der Waals surface area contributed by atoms with Crippen molar-refractivity contribution in [1.29, 1.82) is 0 Å². The molecular formula is C11H21N. The molecule has 0 amide bonds. The molecule has 0 aliphatic heterocycles. The van der Waals surface area contributed by atoms with Crippen molar-refractivity contribution in [1.82, 2.24) is 5.32 Å². The summed E-state index contributed by atoms with van der Waals surface area (Å²) in [5.41, 5.74) is 0. The molecule has 1 fully saturated rings. The first-order chi connectivity index (χ1) is 5.84. The van der Waals surface area contributed by atoms with Crippen LogP contribution in [0.4, 0.5) is 0 Å². The van der Waals surface area contributed by atoms with Gasteiger partial charge in [0.25, 0.3) is 0 Å². The quantitative estimate of drug-likeness (QED) is 0.635. The van der Waals surface area contributed by atoms with Crippen LogP contribution in [0.3, 0.4) is 0 Å². The van der Waals surface area contributed by atoms with E-state index in [-0.39, 0.29) is 0 Å². The minimum atomic E-state index is 0.712. The lowest BCUT2D eigenvalue weighted by Gasteiger charge is -2.19. The van der Waals surface area contributed by atoms with Gasteiger partial charge in [-0.2, -0.15) is 0 Å². The predicted octanol–water partition coefficient (Wildman–Crippen LogP) is 2.73. The van der Waals surface area contributed by atoms with Gasteiger partial charge in [0.2, 0.25) is 0 Å². The van der Waals surface area contributed by atoms with Crippen LogP contribution in [0.5, 0.6) is 0 Å². The highest BCUT2D eigenvalue weighted by molar-refractivity contribution is 4.83. The molecule has 0 aromatic rings. The van der Waals surface area contributed by atoms with Gasteiger partial charge in [0.15, 0.2) is 0 Å². The van der Waals surface area contributed by atoms with Gasteiger partial charge in [-0.25, -0.2) is 0 Å². The Balaban J connectivity index is 2.13. The van der Waals surface area contributed by atoms with Crippen LogP contribution in [0, 0.1) is 5.92 Å². The van der Waals surface area contributed by atoms with Crippen molar-refractivity contribution in [3.05, 3.63) is 12.2 Å². The Bertz CT molecular complexity index is 134. The van der Waals surface area contributed by atoms with Crippen LogP contribution in [0.25, 0.3) is 0 Å². The van der Waals surface area contributed by atoms with Crippen LogP contribution in [0.2, 0.25) is 0 Å². The Kier molecular flexibility index (Phi) is 4.37. The fraction of sp³-hybridized carbons (Fsp3) is 0.818. The van der Waals surface area contributed by atoms with Crippen molar-refractivity contribution >= 4 is 0 Å². The highest BCUT2D eigenvalue weighted by Gasteiger charge is 2.20. The van der Waals surface area contributed by atoms with Crippen LogP contribution in [0.15, 0.2) is 12.2 Å². The van der Waals surface area contributed by atoms with E-state index >= 15 is 0 Å². The molecule has 1 atom stereocenters. The Morgan fingerprint density at radius 2 is 2.08 bits per heavy atom. The summed E-state index contributed by atoms with van der Waals surface area (Å²) in [5, 5.41) is 3.54. The van der Waals surface area contributed by atoms with Gasteiger partial charge in [0.1, 0.15) is 0 Å². The average Bonchev–Trinajstić information content (AvgIpc) is 2.56. The third-order valence-electron chi connectivity index (χ3n) is 2.90. The second-order valence-electron chi connectivity index (χ2n) is 3.81. The SMILES string of the molecule is C/C=C/CNC(C)C1CCCC1. The van der Waals surface area contributed by atoms with Crippen LogP contribution in [-0.4, -0.2) is 12.6 Å². The average molecular weight is 167 g/mol. The van der Waals surface area contributed by atoms with E-state index in [0.29, 0.717) is 6.04 Å². The van der Waals surface area contributed by atoms with Crippen LogP contribution in [0.1, 0.15) is 39.5 Å². The molecule has 0 heterocycles. The minimum Gasteiger partial charge on any atom is -0.311 e. The summed E-state index contributed by atoms with van der Waals surface area (Å²) < 4.78 is 0. The molecule has 1 rings (SSSR count). The number of hydrogen-bond acceptors (Lipinski definition) is 1. The highest BCUT2D eigenvalue weighted by Crippen LogP contribution is 2.27. The zero-order valence-electron chi connectivity index (χ0n) is 8.34. The molecule has 70 valence electrons. The molecule has 1 unspecified atom stereocenters. The van der Waals surface area contributed by atoms with Gasteiger partial charge in [-0.15, -0.1) is 0 Å². The smallest absolute Gasteiger partial charge is 0.0137 e. The summed E-state index contributed by atoms with van der Waals surface area (Å²) in [7, 11) is 0. The summed E-state index contributed by atoms with van der Waals surface area (Å²) in [6.45, 7) is 5.43. The second-order valence-corrected chi connectivity index (χ2v) is 3.81. The van der Waals surface area contributed by atoms with Crippen molar-refractivity contribution in [2.75, 3.05) is 6.54 Å². The zero-order chi connectivity index (χ0) is 8.81. The van der Waals surface area contributed by atoms with Gasteiger partial charge in [-0.1, -0.05) is 25.0 Å². The lowest BCUT2D eigenvalue weighted by molar-refractivity contribution is 0.394. The molecule has 0 spiro atoms. The van der Waals surface area contributed by atoms with Crippen molar-refractivity contribution < 1.29 is 0 Å². The van der Waals surface area contributed by atoms with Gasteiger partial charge in [-0.05, 0) is 32.6 Å². The normalized spacial score (nSPS) is 22.2. The fourth-order valence-electron chi connectivity index (χ4n) is 2.00. The predicted molar refractivity (Wildman–Crippen MR) is 54.2 cm³/mol. The molecule has 0 radical (unpaired) electrons. The van der Waals surface area contributed by atoms with E-state index in [1.807, 2.05) is 0 Å². The van der Waals surface area contributed by atoms with Gasteiger partial charge in [0, 0.05) is 12.6 Å². The molecular weight excluding hydrogens is 146 g/mol. The van der Waals surface area contributed by atoms with E-state index in [9.17, 15) is 0 Å². The van der Waals surface area contributed by atoms with Crippen LogP contribution >= 0.6 is 0 Å². The summed E-state index contributed by atoms with van der Waals surface area (Å²) >= 11 is 0. The maximum atomic E-state index is 3.54. The summed E-state index contributed by atoms with van der Waals surface area (Å²) in [4.78, 5) is 0. The largest absolute Gasteiger partial charge is 0.311 e. The molecule has 1 nitrogen and oxygen atoms in total. The molecule has 1 saturated carbocycles. The van der Waals surface area contributed by atoms with E-state index in [4.69, 9.17) is 0 Å². The molecule has 0 aromatic heterocycles. The molecule has 1 aliphatic carbocycles. The lowest BCUT2D eigenvalue weighted by atomic mass is 10.00. The van der Waals surface area contributed by atoms with Crippen molar-refractivity contribution in [3.63, 3.8) is 0 Å². The number of rotatable bonds is 4. The maximum absolute atomic E-state index is 3.54. The van der Waals surface area contributed by atoms with E-state index in [1.54, 1.807) is 0 Å². The van der Waals surface area contributed by atoms with E-state index < -0.39 is 0 Å². The van der Waals surface area contributed by atoms with E-state index in [0.717, 1.165) is 12.5 Å². The van der Waals surface area contributed by atoms with Crippen molar-refractivity contribution in [2.24, 2.45) is 5.92 Å². The first-order valence-electron chi connectivity index (χ1n) is 5.19. The molecule has 12 heavy (non-hydrogen) atoms. The molecule has 0 aromatic carbocycles. The number of nitrogens with one attached hydrogen (secondary N) is 1. The van der Waals surface area contributed by atoms with Crippen molar-refractivity contribution in [2.45, 2.75) is 45.6 Å². The first-order valence-corrected chi connectivity index (χ1v) is 5.19. The maximum Gasteiger partial charge on any atom is 0.0137 e. The standard InChI is InChI=1S/C11H21N/c1-3-4-9-12-10(2)11-7-5-6-8-11/h3-4,10-12H,5-9H2,1-2H3/b4-3+. The highest BCUT2D eigenvalue weighted by atomic mass is 14.9. The fourth-order valence-corrected chi connectivity index (χ4v) is 2.00. The van der Waals surface area contributed by atoms with Gasteiger partial charge >= 0.3 is 0 Å². The number of hydrogen-bond donors (Lipinski definition) is 1. The number of allylic oxidation sites excluding steroid dienone is 1. The Hall–Kier alpha value is -0.300. The third-order valence-corrected chi connectivity index (χ3v) is 2.90. The Labute approximate surface area is 76.2 Å². The van der Waals surface area contributed by atoms with E-state index in [1.165, 1.54) is 25.7 Å². The second kappa shape index (κ2) is 5.36. The molecule has 0 bridgehead atoms. The molecule has 1 aliphatic rings. The Morgan fingerprint density at radius 3 is 2.67 bits per heavy atom. The van der Waals surface area contributed by atoms with Gasteiger partial charge in [0.05, 0.1) is 0 Å². The van der Waals surface area contributed by atoms with Gasteiger partial charge < -0.3 is 5.32 Å². The first kappa shape index (κ1) is 9.79. The molecule has 1 N–H and O–H groups in total. The lowest BCUT2D eigenvalue weighted by Crippen LogP contribution is -2.32. The van der Waals surface area contributed by atoms with Gasteiger partial charge in [-0.3, -0.25) is 0 Å². The summed E-state index contributed by atoms with van der Waals surface area (Å²) in [6, 6.07) is 0.712. The molecule has 0 saturated heterocycles. The van der Waals surface area contributed by atoms with E-state index in [2.05, 4.69) is 31.3 Å². The Morgan fingerprint density at radius 1 is 1.42 bits per heavy atom. The topological polar surface area (TPSA) is 12.0 Å². The third kappa shape index (κ3) is 2.98. The summed E-state index contributed by atoms with van der Waals surface area (Å²) in [5.74, 6) is 0.940. The van der Waals surface area contributed by atoms with Crippen molar-refractivity contribution in [3.8, 4) is 0 Å². The zero-order valence-corrected chi connectivity index (χ0v) is 8.34. The van der Waals surface area contributed by atoms with Crippen LogP contribution in [-0.2, 0) is 0 Å². The summed E-state index contributed by atoms with van der Waals surface area (Å²) in [6.07, 6.45) is 10.1. The monoisotopic (exact) mass is 167 g/mol. The molecule has 1 heteroatoms. The van der Waals surface area contributed by atoms with Crippen LogP contribution < -0.4 is 5.32 Å².